The van der Waals surface area contributed by atoms with Gasteiger partial charge in [-0.05, 0) is 24.7 Å². The van der Waals surface area contributed by atoms with E-state index >= 15 is 0 Å². The first-order valence-corrected chi connectivity index (χ1v) is 10.2. The Labute approximate surface area is 164 Å². The molecule has 4 heterocycles. The third-order valence-electron chi connectivity index (χ3n) is 5.78. The minimum Gasteiger partial charge on any atom is -0.356 e. The number of anilines is 2. The minimum absolute atomic E-state index is 0. The fourth-order valence-corrected chi connectivity index (χ4v) is 4.95. The van der Waals surface area contributed by atoms with Crippen LogP contribution in [0.15, 0.2) is 6.33 Å². The molecule has 0 atom stereocenters. The Morgan fingerprint density at radius 3 is 2.48 bits per heavy atom. The maximum Gasteiger partial charge on any atom is 0.323 e. The van der Waals surface area contributed by atoms with Gasteiger partial charge in [0.15, 0.2) is 0 Å². The topological polar surface area (TPSA) is 125 Å². The molecular weight excluding hydrogens is 394 g/mol. The predicted molar refractivity (Wildman–Crippen MR) is 103 cm³/mol. The molecule has 1 spiro atoms. The van der Waals surface area contributed by atoms with Crippen molar-refractivity contribution in [3.05, 3.63) is 11.9 Å². The lowest BCUT2D eigenvalue weighted by Gasteiger charge is -2.40. The molecule has 1 aromatic rings. The van der Waals surface area contributed by atoms with Crippen molar-refractivity contribution in [1.82, 2.24) is 19.2 Å². The first-order valence-electron chi connectivity index (χ1n) is 8.66. The van der Waals surface area contributed by atoms with Crippen LogP contribution in [0.4, 0.5) is 16.4 Å². The van der Waals surface area contributed by atoms with Gasteiger partial charge in [0, 0.05) is 33.2 Å². The molecule has 4 rings (SSSR count). The summed E-state index contributed by atoms with van der Waals surface area (Å²) in [6, 6.07) is -0.172. The molecule has 0 saturated carbocycles. The van der Waals surface area contributed by atoms with E-state index in [2.05, 4.69) is 20.2 Å². The van der Waals surface area contributed by atoms with Gasteiger partial charge in [0.25, 0.3) is 10.2 Å². The second-order valence-electron chi connectivity index (χ2n) is 7.43. The van der Waals surface area contributed by atoms with Gasteiger partial charge in [0.05, 0.1) is 12.1 Å². The maximum atomic E-state index is 11.8. The van der Waals surface area contributed by atoms with Crippen molar-refractivity contribution in [3.63, 3.8) is 0 Å². The summed E-state index contributed by atoms with van der Waals surface area (Å²) in [6.07, 6.45) is 4.10. The Bertz CT molecular complexity index is 842. The number of halogens is 1. The number of hydrogen-bond acceptors (Lipinski definition) is 6. The van der Waals surface area contributed by atoms with Crippen molar-refractivity contribution in [2.45, 2.75) is 25.8 Å². The van der Waals surface area contributed by atoms with Crippen LogP contribution in [-0.2, 0) is 16.8 Å². The highest BCUT2D eigenvalue weighted by atomic mass is 35.5. The number of nitrogens with two attached hydrogens (primary N) is 1. The van der Waals surface area contributed by atoms with Crippen molar-refractivity contribution < 1.29 is 13.2 Å². The summed E-state index contributed by atoms with van der Waals surface area (Å²) in [5.74, 6) is 1.41. The van der Waals surface area contributed by atoms with E-state index in [-0.39, 0.29) is 23.9 Å². The number of nitrogens with one attached hydrogen (secondary N) is 1. The average Bonchev–Trinajstić information content (AvgIpc) is 3.01. The van der Waals surface area contributed by atoms with Gasteiger partial charge in [0.2, 0.25) is 0 Å². The Kier molecular flexibility index (Phi) is 5.23. The standard InChI is InChI=1S/C15H23N7O3S.ClH/c1-20-8-11-12(19-14(20)23)17-10-18-13(11)21-5-2-15(3-6-21)4-7-22(9-15)26(16,24)25;/h10H,2-9H2,1H3,(H2,16,24,25)(H,17,18,19,23);1H. The van der Waals surface area contributed by atoms with Crippen molar-refractivity contribution in [1.29, 1.82) is 0 Å². The zero-order valence-corrected chi connectivity index (χ0v) is 16.7. The normalized spacial score (nSPS) is 22.4. The van der Waals surface area contributed by atoms with Crippen molar-refractivity contribution in [3.8, 4) is 0 Å². The molecule has 12 heteroatoms. The van der Waals surface area contributed by atoms with Crippen molar-refractivity contribution >= 4 is 40.3 Å². The van der Waals surface area contributed by atoms with E-state index in [1.807, 2.05) is 0 Å². The molecule has 2 fully saturated rings. The van der Waals surface area contributed by atoms with Crippen LogP contribution in [0, 0.1) is 5.41 Å². The summed E-state index contributed by atoms with van der Waals surface area (Å²) >= 11 is 0. The summed E-state index contributed by atoms with van der Waals surface area (Å²) < 4.78 is 24.6. The number of aromatic nitrogens is 2. The number of nitrogens with zero attached hydrogens (tertiary/aromatic N) is 5. The number of hydrogen-bond donors (Lipinski definition) is 2. The van der Waals surface area contributed by atoms with Crippen LogP contribution in [-0.4, -0.2) is 66.8 Å². The minimum atomic E-state index is -3.61. The van der Waals surface area contributed by atoms with Gasteiger partial charge >= 0.3 is 6.03 Å². The van der Waals surface area contributed by atoms with Gasteiger partial charge < -0.3 is 9.80 Å². The second-order valence-corrected chi connectivity index (χ2v) is 8.97. The second kappa shape index (κ2) is 7.04. The lowest BCUT2D eigenvalue weighted by atomic mass is 9.78. The fraction of sp³-hybridized carbons (Fsp3) is 0.667. The first-order chi connectivity index (χ1) is 12.3. The highest BCUT2D eigenvalue weighted by Gasteiger charge is 2.44. The van der Waals surface area contributed by atoms with E-state index in [1.165, 1.54) is 10.6 Å². The smallest absolute Gasteiger partial charge is 0.323 e. The molecule has 150 valence electrons. The van der Waals surface area contributed by atoms with Crippen molar-refractivity contribution in [2.75, 3.05) is 43.4 Å². The van der Waals surface area contributed by atoms with E-state index in [0.717, 1.165) is 43.7 Å². The molecule has 0 bridgehead atoms. The van der Waals surface area contributed by atoms with E-state index in [1.54, 1.807) is 11.9 Å². The van der Waals surface area contributed by atoms with Gasteiger partial charge in [-0.1, -0.05) is 0 Å². The molecule has 2 saturated heterocycles. The van der Waals surface area contributed by atoms with Crippen LogP contribution in [0.2, 0.25) is 0 Å². The quantitative estimate of drug-likeness (QED) is 0.716. The molecule has 0 unspecified atom stereocenters. The zero-order valence-electron chi connectivity index (χ0n) is 15.1. The molecule has 2 amide bonds. The number of piperidine rings is 1. The molecule has 10 nitrogen and oxygen atoms in total. The highest BCUT2D eigenvalue weighted by molar-refractivity contribution is 7.86. The van der Waals surface area contributed by atoms with Gasteiger partial charge in [-0.25, -0.2) is 19.9 Å². The van der Waals surface area contributed by atoms with Gasteiger partial charge in [-0.2, -0.15) is 12.7 Å². The fourth-order valence-electron chi connectivity index (χ4n) is 4.15. The van der Waals surface area contributed by atoms with E-state index in [0.29, 0.717) is 25.5 Å². The molecule has 3 aliphatic heterocycles. The summed E-state index contributed by atoms with van der Waals surface area (Å²) in [4.78, 5) is 24.2. The molecule has 3 aliphatic rings. The summed E-state index contributed by atoms with van der Waals surface area (Å²) in [5, 5.41) is 8.06. The Morgan fingerprint density at radius 1 is 1.19 bits per heavy atom. The summed E-state index contributed by atoms with van der Waals surface area (Å²) in [6.45, 7) is 3.05. The third-order valence-corrected chi connectivity index (χ3v) is 6.81. The van der Waals surface area contributed by atoms with Gasteiger partial charge in [0.1, 0.15) is 18.0 Å². The molecule has 3 N–H and O–H groups in total. The summed E-state index contributed by atoms with van der Waals surface area (Å²) in [7, 11) is -1.88. The lowest BCUT2D eigenvalue weighted by molar-refractivity contribution is 0.218. The molecule has 27 heavy (non-hydrogen) atoms. The Hall–Kier alpha value is -1.69. The number of urea groups is 1. The Balaban J connectivity index is 0.00000210. The average molecular weight is 418 g/mol. The molecular formula is C15H24ClN7O3S. The largest absolute Gasteiger partial charge is 0.356 e. The highest BCUT2D eigenvalue weighted by Crippen LogP contribution is 2.42. The molecule has 0 aromatic carbocycles. The van der Waals surface area contributed by atoms with Crippen LogP contribution in [0.3, 0.4) is 0 Å². The zero-order chi connectivity index (χ0) is 18.5. The summed E-state index contributed by atoms with van der Waals surface area (Å²) in [5.41, 5.74) is 0.921. The predicted octanol–water partition coefficient (Wildman–Crippen LogP) is 0.372. The van der Waals surface area contributed by atoms with E-state index in [4.69, 9.17) is 5.14 Å². The number of carbonyl (C=O) groups is 1. The monoisotopic (exact) mass is 417 g/mol. The van der Waals surface area contributed by atoms with Gasteiger partial charge in [-0.15, -0.1) is 12.4 Å². The molecule has 1 aromatic heterocycles. The van der Waals surface area contributed by atoms with E-state index < -0.39 is 10.2 Å². The first kappa shape index (κ1) is 20.1. The molecule has 0 radical (unpaired) electrons. The lowest BCUT2D eigenvalue weighted by Crippen LogP contribution is -2.44. The van der Waals surface area contributed by atoms with Gasteiger partial charge in [-0.3, -0.25) is 5.32 Å². The third kappa shape index (κ3) is 3.68. The SMILES string of the molecule is CN1Cc2c(ncnc2N2CCC3(CC2)CCN(S(N)(=O)=O)C3)NC1=O.Cl. The Morgan fingerprint density at radius 2 is 1.85 bits per heavy atom. The maximum absolute atomic E-state index is 11.8. The van der Waals surface area contributed by atoms with Crippen molar-refractivity contribution in [2.24, 2.45) is 10.6 Å². The molecule has 0 aliphatic carbocycles. The number of carbonyl (C=O) groups excluding carboxylic acids is 1. The van der Waals surface area contributed by atoms with Crippen LogP contribution < -0.4 is 15.4 Å². The number of amides is 2. The van der Waals surface area contributed by atoms with Crippen LogP contribution in [0.25, 0.3) is 0 Å². The van der Waals surface area contributed by atoms with E-state index in [9.17, 15) is 13.2 Å². The van der Waals surface area contributed by atoms with Crippen LogP contribution >= 0.6 is 12.4 Å². The van der Waals surface area contributed by atoms with Crippen LogP contribution in [0.5, 0.6) is 0 Å². The number of rotatable bonds is 2. The number of fused-ring (bicyclic) bond motifs is 1. The van der Waals surface area contributed by atoms with Crippen LogP contribution in [0.1, 0.15) is 24.8 Å².